The van der Waals surface area contributed by atoms with Crippen LogP contribution in [0.2, 0.25) is 0 Å². The van der Waals surface area contributed by atoms with Gasteiger partial charge in [-0.3, -0.25) is 4.39 Å². The van der Waals surface area contributed by atoms with E-state index in [1.54, 1.807) is 0 Å². The first-order valence-corrected chi connectivity index (χ1v) is 0.378. The molecule has 0 aliphatic rings. The molecule has 0 aliphatic heterocycles. The standard InChI is InChI=1S/CH3F.2Li.2H/c1-2;;;;/h1H3;;;;/q;2*+1;2*-1. The third kappa shape index (κ3) is 11.2. The Hall–Kier alpha value is 1.12. The normalized spacial score (nSPS) is 1.50. The van der Waals surface area contributed by atoms with Gasteiger partial charge in [-0.05, 0) is 0 Å². The number of hydrogen-bond acceptors (Lipinski definition) is 0. The van der Waals surface area contributed by atoms with Gasteiger partial charge in [-0.1, -0.05) is 0 Å². The summed E-state index contributed by atoms with van der Waals surface area (Å²) in [7, 11) is 0.500. The molecule has 0 N–H and O–H groups in total. The molecule has 0 amide bonds. The number of alkyl halides is 1. The van der Waals surface area contributed by atoms with Crippen molar-refractivity contribution in [1.29, 1.82) is 0 Å². The summed E-state index contributed by atoms with van der Waals surface area (Å²) in [5.74, 6) is 0. The van der Waals surface area contributed by atoms with Crippen LogP contribution >= 0.6 is 0 Å². The van der Waals surface area contributed by atoms with Gasteiger partial charge in [0.2, 0.25) is 0 Å². The molecular weight excluding hydrogens is 44.9 g/mol. The van der Waals surface area contributed by atoms with Crippen LogP contribution in [0.15, 0.2) is 0 Å². The number of halogens is 1. The quantitative estimate of drug-likeness (QED) is 0.241. The third-order valence-corrected chi connectivity index (χ3v) is 0. The van der Waals surface area contributed by atoms with Gasteiger partial charge in [0.1, 0.15) is 0 Å². The topological polar surface area (TPSA) is 0 Å². The van der Waals surface area contributed by atoms with Crippen molar-refractivity contribution in [3.63, 3.8) is 0 Å². The largest absolute Gasteiger partial charge is 1.00 e. The van der Waals surface area contributed by atoms with E-state index in [1.165, 1.54) is 0 Å². The summed E-state index contributed by atoms with van der Waals surface area (Å²) in [6.07, 6.45) is 0. The third-order valence-electron chi connectivity index (χ3n) is 0. The molecule has 0 heterocycles. The Labute approximate surface area is 52.5 Å². The van der Waals surface area contributed by atoms with Crippen LogP contribution in [0, 0.1) is 0 Å². The molecule has 0 saturated carbocycles. The van der Waals surface area contributed by atoms with Crippen LogP contribution < -0.4 is 37.7 Å². The van der Waals surface area contributed by atoms with Gasteiger partial charge in [0.05, 0.1) is 7.18 Å². The van der Waals surface area contributed by atoms with Crippen molar-refractivity contribution < 1.29 is 45.0 Å². The molecule has 0 aromatic heterocycles. The van der Waals surface area contributed by atoms with E-state index in [0.29, 0.717) is 7.18 Å². The average Bonchev–Trinajstić information content (AvgIpc) is 1.00. The van der Waals surface area contributed by atoms with Crippen molar-refractivity contribution in [1.82, 2.24) is 0 Å². The Bertz CT molecular complexity index is 11.5. The fourth-order valence-corrected chi connectivity index (χ4v) is 0. The van der Waals surface area contributed by atoms with E-state index in [-0.39, 0.29) is 40.6 Å². The van der Waals surface area contributed by atoms with E-state index < -0.39 is 0 Å². The summed E-state index contributed by atoms with van der Waals surface area (Å²) in [5.41, 5.74) is 0. The minimum Gasteiger partial charge on any atom is -1.00 e. The summed E-state index contributed by atoms with van der Waals surface area (Å²) in [4.78, 5) is 0. The Morgan fingerprint density at radius 3 is 1.25 bits per heavy atom. The molecular formula is CH5FLi2. The summed E-state index contributed by atoms with van der Waals surface area (Å²) in [6, 6.07) is 0. The van der Waals surface area contributed by atoms with Crippen LogP contribution in [0.25, 0.3) is 0 Å². The van der Waals surface area contributed by atoms with Crippen molar-refractivity contribution >= 4 is 0 Å². The molecule has 0 unspecified atom stereocenters. The number of hydrogen-bond donors (Lipinski definition) is 0. The van der Waals surface area contributed by atoms with E-state index >= 15 is 0 Å². The van der Waals surface area contributed by atoms with Crippen LogP contribution in [0.5, 0.6) is 0 Å². The molecule has 18 valence electrons. The molecule has 0 aliphatic carbocycles. The Morgan fingerprint density at radius 2 is 1.25 bits per heavy atom. The zero-order valence-corrected chi connectivity index (χ0v) is 3.38. The van der Waals surface area contributed by atoms with Gasteiger partial charge in [0.25, 0.3) is 0 Å². The van der Waals surface area contributed by atoms with Crippen molar-refractivity contribution in [2.45, 2.75) is 0 Å². The Balaban J connectivity index is -0.000000000833. The second kappa shape index (κ2) is 31.8. The first-order chi connectivity index (χ1) is 1.00. The van der Waals surface area contributed by atoms with E-state index in [2.05, 4.69) is 0 Å². The van der Waals surface area contributed by atoms with Gasteiger partial charge in [-0.15, -0.1) is 0 Å². The summed E-state index contributed by atoms with van der Waals surface area (Å²) in [5, 5.41) is 0. The van der Waals surface area contributed by atoms with Crippen LogP contribution in [0.4, 0.5) is 4.39 Å². The SMILES string of the molecule is CF.[H-].[H-].[Li+].[Li+]. The minimum absolute atomic E-state index is 0. The predicted octanol–water partition coefficient (Wildman–Crippen LogP) is -5.18. The van der Waals surface area contributed by atoms with Crippen molar-refractivity contribution in [2.75, 3.05) is 7.18 Å². The zero-order chi connectivity index (χ0) is 2.00. The predicted molar refractivity (Wildman–Crippen MR) is 9.26 cm³/mol. The Morgan fingerprint density at radius 1 is 1.25 bits per heavy atom. The van der Waals surface area contributed by atoms with Crippen molar-refractivity contribution in [3.8, 4) is 0 Å². The van der Waals surface area contributed by atoms with Gasteiger partial charge < -0.3 is 2.85 Å². The van der Waals surface area contributed by atoms with Crippen molar-refractivity contribution in [2.24, 2.45) is 0 Å². The molecule has 0 aromatic carbocycles. The molecule has 0 aromatic rings. The smallest absolute Gasteiger partial charge is 1.00 e. The molecule has 0 bridgehead atoms. The fraction of sp³-hybridized carbons (Fsp3) is 1.00. The average molecular weight is 49.9 g/mol. The van der Waals surface area contributed by atoms with Gasteiger partial charge >= 0.3 is 37.7 Å². The molecule has 4 heavy (non-hydrogen) atoms. The molecule has 3 heteroatoms. The second-order valence-electron chi connectivity index (χ2n) is 0. The first-order valence-electron chi connectivity index (χ1n) is 0.378. The van der Waals surface area contributed by atoms with Crippen molar-refractivity contribution in [3.05, 3.63) is 0 Å². The van der Waals surface area contributed by atoms with Crippen LogP contribution in [-0.4, -0.2) is 7.18 Å². The van der Waals surface area contributed by atoms with Crippen LogP contribution in [0.1, 0.15) is 2.85 Å². The maximum atomic E-state index is 9.50. The summed E-state index contributed by atoms with van der Waals surface area (Å²) >= 11 is 0. The van der Waals surface area contributed by atoms with Gasteiger partial charge in [-0.2, -0.15) is 0 Å². The van der Waals surface area contributed by atoms with E-state index in [0.717, 1.165) is 0 Å². The van der Waals surface area contributed by atoms with E-state index in [1.807, 2.05) is 0 Å². The fourth-order valence-electron chi connectivity index (χ4n) is 0. The summed E-state index contributed by atoms with van der Waals surface area (Å²) in [6.45, 7) is 0. The maximum Gasteiger partial charge on any atom is 1.00 e. The minimum atomic E-state index is 0. The maximum absolute atomic E-state index is 9.50. The molecule has 0 saturated heterocycles. The van der Waals surface area contributed by atoms with Gasteiger partial charge in [0, 0.05) is 0 Å². The molecule has 0 radical (unpaired) electrons. The van der Waals surface area contributed by atoms with E-state index in [4.69, 9.17) is 0 Å². The van der Waals surface area contributed by atoms with Gasteiger partial charge in [-0.25, -0.2) is 0 Å². The summed E-state index contributed by atoms with van der Waals surface area (Å²) < 4.78 is 9.50. The molecule has 0 rings (SSSR count). The molecule has 0 spiro atoms. The first kappa shape index (κ1) is 19.3. The van der Waals surface area contributed by atoms with Gasteiger partial charge in [0.15, 0.2) is 0 Å². The Kier molecular flexibility index (Phi) is 154. The van der Waals surface area contributed by atoms with E-state index in [9.17, 15) is 4.39 Å². The van der Waals surface area contributed by atoms with Crippen LogP contribution in [0.3, 0.4) is 0 Å². The van der Waals surface area contributed by atoms with Crippen LogP contribution in [-0.2, 0) is 0 Å². The molecule has 0 atom stereocenters. The second-order valence-corrected chi connectivity index (χ2v) is 0. The zero-order valence-electron chi connectivity index (χ0n) is 5.38. The molecule has 0 nitrogen and oxygen atoms in total. The molecule has 0 fully saturated rings. The monoisotopic (exact) mass is 50.1 g/mol. The number of rotatable bonds is 0.